The molecular weight excluding hydrogens is 372 g/mol. The van der Waals surface area contributed by atoms with Crippen LogP contribution < -0.4 is 9.80 Å². The molecule has 0 N–H and O–H groups in total. The Morgan fingerprint density at radius 1 is 1.00 bits per heavy atom. The lowest BCUT2D eigenvalue weighted by Gasteiger charge is -2.31. The molecule has 5 nitrogen and oxygen atoms in total. The third-order valence-corrected chi connectivity index (χ3v) is 7.12. The number of amides is 1. The molecule has 0 atom stereocenters. The van der Waals surface area contributed by atoms with Crippen molar-refractivity contribution in [3.05, 3.63) is 35.9 Å². The Bertz CT molecular complexity index is 991. The van der Waals surface area contributed by atoms with Crippen LogP contribution in [0.3, 0.4) is 0 Å². The molecule has 1 saturated carbocycles. The highest BCUT2D eigenvalue weighted by atomic mass is 16.2. The van der Waals surface area contributed by atoms with Gasteiger partial charge in [-0.15, -0.1) is 0 Å². The molecule has 0 unspecified atom stereocenters. The molecule has 1 amide bonds. The van der Waals surface area contributed by atoms with Gasteiger partial charge in [-0.3, -0.25) is 4.79 Å². The zero-order valence-corrected chi connectivity index (χ0v) is 17.6. The van der Waals surface area contributed by atoms with Crippen molar-refractivity contribution in [2.24, 2.45) is 5.92 Å². The van der Waals surface area contributed by atoms with Gasteiger partial charge >= 0.3 is 0 Å². The summed E-state index contributed by atoms with van der Waals surface area (Å²) in [6.45, 7) is 6.02. The van der Waals surface area contributed by atoms with Gasteiger partial charge in [-0.25, -0.2) is 0 Å². The van der Waals surface area contributed by atoms with Crippen molar-refractivity contribution in [1.82, 2.24) is 4.90 Å². The van der Waals surface area contributed by atoms with E-state index in [-0.39, 0.29) is 5.91 Å². The van der Waals surface area contributed by atoms with Crippen LogP contribution in [0.4, 0.5) is 11.4 Å². The summed E-state index contributed by atoms with van der Waals surface area (Å²) in [5.41, 5.74) is 3.23. The topological polar surface area (TPSA) is 50.6 Å². The van der Waals surface area contributed by atoms with Crippen LogP contribution in [0.5, 0.6) is 0 Å². The molecule has 3 aliphatic rings. The summed E-state index contributed by atoms with van der Waals surface area (Å²) < 4.78 is 0. The van der Waals surface area contributed by atoms with Gasteiger partial charge in [0.1, 0.15) is 0 Å². The first kappa shape index (κ1) is 19.4. The fourth-order valence-corrected chi connectivity index (χ4v) is 5.24. The van der Waals surface area contributed by atoms with Gasteiger partial charge in [0.25, 0.3) is 5.91 Å². The Balaban J connectivity index is 1.40. The summed E-state index contributed by atoms with van der Waals surface area (Å²) in [5.74, 6) is 0.842. The number of hydrogen-bond donors (Lipinski definition) is 0. The number of hydrogen-bond acceptors (Lipinski definition) is 4. The van der Waals surface area contributed by atoms with E-state index in [1.165, 1.54) is 30.3 Å². The second kappa shape index (κ2) is 8.28. The van der Waals surface area contributed by atoms with Crippen molar-refractivity contribution in [2.75, 3.05) is 49.1 Å². The highest BCUT2D eigenvalue weighted by Crippen LogP contribution is 2.43. The van der Waals surface area contributed by atoms with Crippen LogP contribution in [0, 0.1) is 17.2 Å². The second-order valence-electron chi connectivity index (χ2n) is 8.99. The number of unbranched alkanes of at least 4 members (excludes halogenated alkanes) is 1. The van der Waals surface area contributed by atoms with E-state index in [4.69, 9.17) is 5.26 Å². The second-order valence-corrected chi connectivity index (χ2v) is 8.99. The van der Waals surface area contributed by atoms with Gasteiger partial charge in [0, 0.05) is 54.6 Å². The maximum absolute atomic E-state index is 13.1. The molecule has 30 heavy (non-hydrogen) atoms. The number of rotatable bonds is 6. The predicted octanol–water partition coefficient (Wildman–Crippen LogP) is 4.42. The minimum absolute atomic E-state index is 0.180. The molecule has 2 fully saturated rings. The summed E-state index contributed by atoms with van der Waals surface area (Å²) in [7, 11) is 0. The van der Waals surface area contributed by atoms with Crippen LogP contribution in [0.15, 0.2) is 30.3 Å². The fraction of sp³-hybridized carbons (Fsp3) is 0.520. The first-order chi connectivity index (χ1) is 14.8. The van der Waals surface area contributed by atoms with Crippen molar-refractivity contribution in [1.29, 1.82) is 5.26 Å². The zero-order chi connectivity index (χ0) is 20.5. The van der Waals surface area contributed by atoms with Crippen molar-refractivity contribution >= 4 is 28.1 Å². The molecule has 0 radical (unpaired) electrons. The highest BCUT2D eigenvalue weighted by Gasteiger charge is 2.33. The standard InChI is InChI=1S/C25H30N4O/c26-12-1-2-13-27-14-5-15-28(17-16-27)22-10-11-23-24-20(22)8-4-9-21(24)25(30)29(23)18-19-6-3-7-19/h4,8-11,19H,1-3,5-7,13-18H2. The van der Waals surface area contributed by atoms with Crippen LogP contribution in [0.2, 0.25) is 0 Å². The number of benzene rings is 2. The molecule has 0 aromatic heterocycles. The third-order valence-electron chi connectivity index (χ3n) is 7.12. The summed E-state index contributed by atoms with van der Waals surface area (Å²) in [4.78, 5) is 20.2. The Hall–Kier alpha value is -2.58. The molecule has 5 heteroatoms. The minimum Gasteiger partial charge on any atom is -0.370 e. The SMILES string of the molecule is N#CCCCN1CCCN(c2ccc3c4c(cccc24)C(=O)N3CC2CCC2)CC1. The van der Waals surface area contributed by atoms with Crippen molar-refractivity contribution in [3.63, 3.8) is 0 Å². The molecule has 156 valence electrons. The molecule has 2 heterocycles. The zero-order valence-electron chi connectivity index (χ0n) is 17.6. The highest BCUT2D eigenvalue weighted by molar-refractivity contribution is 6.26. The van der Waals surface area contributed by atoms with E-state index in [9.17, 15) is 4.79 Å². The molecule has 2 aliphatic heterocycles. The van der Waals surface area contributed by atoms with Gasteiger partial charge in [0.05, 0.1) is 11.8 Å². The lowest BCUT2D eigenvalue weighted by Crippen LogP contribution is -2.34. The normalized spacial score (nSPS) is 19.8. The largest absolute Gasteiger partial charge is 0.370 e. The lowest BCUT2D eigenvalue weighted by atomic mass is 9.85. The Kier molecular flexibility index (Phi) is 5.35. The molecule has 2 aromatic rings. The van der Waals surface area contributed by atoms with Gasteiger partial charge < -0.3 is 14.7 Å². The summed E-state index contributed by atoms with van der Waals surface area (Å²) in [5, 5.41) is 11.2. The monoisotopic (exact) mass is 402 g/mol. The summed E-state index contributed by atoms with van der Waals surface area (Å²) in [6.07, 6.45) is 6.52. The lowest BCUT2D eigenvalue weighted by molar-refractivity contribution is 0.0984. The van der Waals surface area contributed by atoms with Crippen molar-refractivity contribution in [3.8, 4) is 6.07 Å². The van der Waals surface area contributed by atoms with E-state index in [0.29, 0.717) is 12.3 Å². The van der Waals surface area contributed by atoms with E-state index in [1.54, 1.807) is 0 Å². The molecule has 5 rings (SSSR count). The average Bonchev–Trinajstić information content (AvgIpc) is 2.87. The number of carbonyl (C=O) groups excluding carboxylic acids is 1. The molecule has 2 aromatic carbocycles. The van der Waals surface area contributed by atoms with E-state index in [0.717, 1.165) is 68.7 Å². The number of anilines is 2. The number of nitriles is 1. The van der Waals surface area contributed by atoms with Crippen LogP contribution in [0.1, 0.15) is 48.9 Å². The van der Waals surface area contributed by atoms with Crippen molar-refractivity contribution in [2.45, 2.75) is 38.5 Å². The average molecular weight is 403 g/mol. The fourth-order valence-electron chi connectivity index (χ4n) is 5.24. The molecule has 1 saturated heterocycles. The molecule has 0 spiro atoms. The van der Waals surface area contributed by atoms with Crippen LogP contribution in [0.25, 0.3) is 10.8 Å². The summed E-state index contributed by atoms with van der Waals surface area (Å²) >= 11 is 0. The maximum atomic E-state index is 13.1. The first-order valence-electron chi connectivity index (χ1n) is 11.5. The third kappa shape index (κ3) is 3.44. The quantitative estimate of drug-likeness (QED) is 0.672. The van der Waals surface area contributed by atoms with Crippen LogP contribution in [-0.2, 0) is 0 Å². The Labute approximate surface area is 178 Å². The molecule has 1 aliphatic carbocycles. The van der Waals surface area contributed by atoms with Gasteiger partial charge in [0.15, 0.2) is 0 Å². The van der Waals surface area contributed by atoms with Gasteiger partial charge in [-0.05, 0) is 62.9 Å². The smallest absolute Gasteiger partial charge is 0.259 e. The van der Waals surface area contributed by atoms with Crippen LogP contribution >= 0.6 is 0 Å². The predicted molar refractivity (Wildman–Crippen MR) is 121 cm³/mol. The van der Waals surface area contributed by atoms with Crippen molar-refractivity contribution < 1.29 is 4.79 Å². The number of carbonyl (C=O) groups is 1. The summed E-state index contributed by atoms with van der Waals surface area (Å²) in [6, 6.07) is 12.9. The number of nitrogens with zero attached hydrogens (tertiary/aromatic N) is 4. The molecule has 0 bridgehead atoms. The van der Waals surface area contributed by atoms with E-state index < -0.39 is 0 Å². The van der Waals surface area contributed by atoms with E-state index >= 15 is 0 Å². The van der Waals surface area contributed by atoms with Gasteiger partial charge in [-0.2, -0.15) is 5.26 Å². The van der Waals surface area contributed by atoms with Crippen LogP contribution in [-0.4, -0.2) is 50.1 Å². The van der Waals surface area contributed by atoms with E-state index in [2.05, 4.69) is 34.1 Å². The maximum Gasteiger partial charge on any atom is 0.259 e. The Morgan fingerprint density at radius 2 is 1.87 bits per heavy atom. The van der Waals surface area contributed by atoms with Gasteiger partial charge in [0.2, 0.25) is 0 Å². The minimum atomic E-state index is 0.180. The van der Waals surface area contributed by atoms with Gasteiger partial charge in [-0.1, -0.05) is 18.6 Å². The molecular formula is C25H30N4O. The Morgan fingerprint density at radius 3 is 2.67 bits per heavy atom. The van der Waals surface area contributed by atoms with E-state index in [1.807, 2.05) is 17.0 Å². The first-order valence-corrected chi connectivity index (χ1v) is 11.5.